The van der Waals surface area contributed by atoms with Gasteiger partial charge in [0.1, 0.15) is 0 Å². The fraction of sp³-hybridized carbons (Fsp3) is 0.467. The molecule has 0 bridgehead atoms. The molecule has 0 saturated carbocycles. The Balaban J connectivity index is 1.72. The molecule has 2 atom stereocenters. The fourth-order valence-electron chi connectivity index (χ4n) is 2.97. The van der Waals surface area contributed by atoms with Crippen molar-refractivity contribution >= 4 is 28.3 Å². The molecule has 0 aliphatic carbocycles. The molecule has 0 N–H and O–H groups in total. The van der Waals surface area contributed by atoms with Crippen LogP contribution < -0.4 is 0 Å². The molecule has 106 valence electrons. The van der Waals surface area contributed by atoms with E-state index in [-0.39, 0.29) is 5.91 Å². The number of aromatic nitrogens is 2. The Morgan fingerprint density at radius 2 is 2.15 bits per heavy atom. The van der Waals surface area contributed by atoms with Crippen LogP contribution in [0.15, 0.2) is 23.8 Å². The molecule has 1 fully saturated rings. The highest BCUT2D eigenvalue weighted by Gasteiger charge is 2.23. The second-order valence-corrected chi connectivity index (χ2v) is 6.63. The van der Waals surface area contributed by atoms with E-state index in [1.165, 1.54) is 6.42 Å². The summed E-state index contributed by atoms with van der Waals surface area (Å²) in [7, 11) is 0. The van der Waals surface area contributed by atoms with Gasteiger partial charge >= 0.3 is 0 Å². The van der Waals surface area contributed by atoms with Gasteiger partial charge in [0, 0.05) is 30.7 Å². The summed E-state index contributed by atoms with van der Waals surface area (Å²) < 4.78 is 2.00. The highest BCUT2D eigenvalue weighted by Crippen LogP contribution is 2.21. The first kappa shape index (κ1) is 13.4. The van der Waals surface area contributed by atoms with Crippen molar-refractivity contribution in [3.05, 3.63) is 29.5 Å². The largest absolute Gasteiger partial charge is 0.339 e. The Kier molecular flexibility index (Phi) is 3.61. The Hall–Kier alpha value is -1.62. The van der Waals surface area contributed by atoms with Crippen molar-refractivity contribution in [2.24, 2.45) is 11.8 Å². The number of rotatable bonds is 2. The van der Waals surface area contributed by atoms with Gasteiger partial charge in [0.15, 0.2) is 4.96 Å². The molecule has 0 radical (unpaired) electrons. The highest BCUT2D eigenvalue weighted by molar-refractivity contribution is 7.15. The molecule has 1 aliphatic heterocycles. The van der Waals surface area contributed by atoms with Crippen LogP contribution in [0.2, 0.25) is 0 Å². The number of amides is 1. The number of hydrogen-bond donors (Lipinski definition) is 0. The van der Waals surface area contributed by atoms with Crippen LogP contribution in [0.4, 0.5) is 0 Å². The van der Waals surface area contributed by atoms with E-state index >= 15 is 0 Å². The third kappa shape index (κ3) is 2.63. The molecule has 3 heterocycles. The first-order chi connectivity index (χ1) is 9.63. The molecule has 5 heteroatoms. The smallest absolute Gasteiger partial charge is 0.246 e. The van der Waals surface area contributed by atoms with Crippen molar-refractivity contribution in [3.63, 3.8) is 0 Å². The van der Waals surface area contributed by atoms with Crippen LogP contribution in [-0.4, -0.2) is 33.3 Å². The molecule has 0 spiro atoms. The molecule has 4 nitrogen and oxygen atoms in total. The number of piperidine rings is 1. The van der Waals surface area contributed by atoms with Gasteiger partial charge in [-0.05, 0) is 24.3 Å². The minimum absolute atomic E-state index is 0.105. The number of carbonyl (C=O) groups excluding carboxylic acids is 1. The number of likely N-dealkylation sites (tertiary alicyclic amines) is 1. The number of nitrogens with zero attached hydrogens (tertiary/aromatic N) is 3. The SMILES string of the molecule is CC1CC(C)CN(C(=O)/C=C/c2cnc3sccn23)C1. The predicted octanol–water partition coefficient (Wildman–Crippen LogP) is 2.91. The molecule has 1 saturated heterocycles. The maximum Gasteiger partial charge on any atom is 0.246 e. The Morgan fingerprint density at radius 1 is 1.40 bits per heavy atom. The lowest BCUT2D eigenvalue weighted by Crippen LogP contribution is -2.41. The Labute approximate surface area is 122 Å². The van der Waals surface area contributed by atoms with Crippen molar-refractivity contribution in [3.8, 4) is 0 Å². The first-order valence-electron chi connectivity index (χ1n) is 7.01. The van der Waals surface area contributed by atoms with Crippen LogP contribution in [0.3, 0.4) is 0 Å². The summed E-state index contributed by atoms with van der Waals surface area (Å²) in [6, 6.07) is 0. The number of imidazole rings is 1. The number of hydrogen-bond acceptors (Lipinski definition) is 3. The van der Waals surface area contributed by atoms with E-state index in [1.807, 2.05) is 27.0 Å². The average molecular weight is 289 g/mol. The minimum Gasteiger partial charge on any atom is -0.339 e. The van der Waals surface area contributed by atoms with E-state index in [4.69, 9.17) is 0 Å². The first-order valence-corrected chi connectivity index (χ1v) is 7.89. The zero-order chi connectivity index (χ0) is 14.1. The van der Waals surface area contributed by atoms with Crippen LogP contribution >= 0.6 is 11.3 Å². The molecule has 3 rings (SSSR count). The topological polar surface area (TPSA) is 37.6 Å². The lowest BCUT2D eigenvalue weighted by molar-refractivity contribution is -0.128. The van der Waals surface area contributed by atoms with E-state index in [9.17, 15) is 4.79 Å². The van der Waals surface area contributed by atoms with Crippen molar-refractivity contribution in [2.75, 3.05) is 13.1 Å². The monoisotopic (exact) mass is 289 g/mol. The summed E-state index contributed by atoms with van der Waals surface area (Å²) in [5, 5.41) is 2.00. The van der Waals surface area contributed by atoms with Crippen molar-refractivity contribution in [2.45, 2.75) is 20.3 Å². The molecule has 0 aromatic carbocycles. The lowest BCUT2D eigenvalue weighted by Gasteiger charge is -2.34. The predicted molar refractivity (Wildman–Crippen MR) is 81.6 cm³/mol. The standard InChI is InChI=1S/C15H19N3OS/c1-11-7-12(2)10-17(9-11)14(19)4-3-13-8-16-15-18(13)5-6-20-15/h3-6,8,11-12H,7,9-10H2,1-2H3/b4-3+. The van der Waals surface area contributed by atoms with E-state index in [0.717, 1.165) is 23.7 Å². The summed E-state index contributed by atoms with van der Waals surface area (Å²) in [6.07, 6.45) is 8.52. The van der Waals surface area contributed by atoms with Gasteiger partial charge < -0.3 is 4.90 Å². The van der Waals surface area contributed by atoms with Gasteiger partial charge in [-0.15, -0.1) is 11.3 Å². The quantitative estimate of drug-likeness (QED) is 0.797. The van der Waals surface area contributed by atoms with E-state index in [0.29, 0.717) is 11.8 Å². The van der Waals surface area contributed by atoms with E-state index in [2.05, 4.69) is 18.8 Å². The average Bonchev–Trinajstić information content (AvgIpc) is 2.98. The number of thiazole rings is 1. The third-order valence-electron chi connectivity index (χ3n) is 3.75. The van der Waals surface area contributed by atoms with Crippen LogP contribution in [0.5, 0.6) is 0 Å². The van der Waals surface area contributed by atoms with Gasteiger partial charge in [0.2, 0.25) is 5.91 Å². The van der Waals surface area contributed by atoms with Crippen LogP contribution in [0, 0.1) is 11.8 Å². The normalized spacial score (nSPS) is 23.8. The van der Waals surface area contributed by atoms with Gasteiger partial charge in [0.05, 0.1) is 11.9 Å². The minimum atomic E-state index is 0.105. The molecule has 20 heavy (non-hydrogen) atoms. The summed E-state index contributed by atoms with van der Waals surface area (Å²) >= 11 is 1.59. The maximum atomic E-state index is 12.3. The Bertz CT molecular complexity index is 632. The second kappa shape index (κ2) is 5.40. The molecule has 2 aromatic rings. The summed E-state index contributed by atoms with van der Waals surface area (Å²) in [5.41, 5.74) is 0.952. The van der Waals surface area contributed by atoms with Gasteiger partial charge in [-0.1, -0.05) is 13.8 Å². The van der Waals surface area contributed by atoms with Crippen LogP contribution in [0.25, 0.3) is 11.0 Å². The fourth-order valence-corrected chi connectivity index (χ4v) is 3.67. The van der Waals surface area contributed by atoms with Crippen molar-refractivity contribution in [1.82, 2.24) is 14.3 Å². The number of carbonyl (C=O) groups is 1. The maximum absolute atomic E-state index is 12.3. The van der Waals surface area contributed by atoms with Crippen molar-refractivity contribution in [1.29, 1.82) is 0 Å². The molecule has 1 amide bonds. The number of fused-ring (bicyclic) bond motifs is 1. The second-order valence-electron chi connectivity index (χ2n) is 5.76. The molecular weight excluding hydrogens is 270 g/mol. The van der Waals surface area contributed by atoms with Crippen molar-refractivity contribution < 1.29 is 4.79 Å². The Morgan fingerprint density at radius 3 is 2.90 bits per heavy atom. The van der Waals surface area contributed by atoms with E-state index in [1.54, 1.807) is 23.6 Å². The molecular formula is C15H19N3OS. The summed E-state index contributed by atoms with van der Waals surface area (Å²) in [4.78, 5) is 19.5. The zero-order valence-corrected chi connectivity index (χ0v) is 12.6. The third-order valence-corrected chi connectivity index (χ3v) is 4.52. The zero-order valence-electron chi connectivity index (χ0n) is 11.8. The molecule has 2 aromatic heterocycles. The molecule has 2 unspecified atom stereocenters. The van der Waals surface area contributed by atoms with Crippen LogP contribution in [0.1, 0.15) is 26.0 Å². The summed E-state index contributed by atoms with van der Waals surface area (Å²) in [5.74, 6) is 1.29. The van der Waals surface area contributed by atoms with Gasteiger partial charge in [-0.3, -0.25) is 9.20 Å². The summed E-state index contributed by atoms with van der Waals surface area (Å²) in [6.45, 7) is 6.17. The van der Waals surface area contributed by atoms with Gasteiger partial charge in [-0.2, -0.15) is 0 Å². The van der Waals surface area contributed by atoms with Gasteiger partial charge in [-0.25, -0.2) is 4.98 Å². The van der Waals surface area contributed by atoms with Gasteiger partial charge in [0.25, 0.3) is 0 Å². The van der Waals surface area contributed by atoms with E-state index < -0.39 is 0 Å². The lowest BCUT2D eigenvalue weighted by atomic mass is 9.92. The van der Waals surface area contributed by atoms with Crippen LogP contribution in [-0.2, 0) is 4.79 Å². The molecule has 1 aliphatic rings. The highest BCUT2D eigenvalue weighted by atomic mass is 32.1.